The summed E-state index contributed by atoms with van der Waals surface area (Å²) in [7, 11) is 0. The predicted octanol–water partition coefficient (Wildman–Crippen LogP) is 3.06. The summed E-state index contributed by atoms with van der Waals surface area (Å²) < 4.78 is 5.75. The molecule has 1 aliphatic carbocycles. The normalized spacial score (nSPS) is 18.4. The third-order valence-corrected chi connectivity index (χ3v) is 3.98. The largest absolute Gasteiger partial charge is 0.487 e. The first-order valence-electron chi connectivity index (χ1n) is 6.21. The maximum absolute atomic E-state index is 6.14. The lowest BCUT2D eigenvalue weighted by Gasteiger charge is -2.22. The van der Waals surface area contributed by atoms with Crippen LogP contribution in [-0.2, 0) is 13.0 Å². The molecule has 1 aliphatic rings. The fourth-order valence-electron chi connectivity index (χ4n) is 2.37. The van der Waals surface area contributed by atoms with Gasteiger partial charge in [0.1, 0.15) is 12.4 Å². The van der Waals surface area contributed by atoms with Gasteiger partial charge in [-0.3, -0.25) is 0 Å². The van der Waals surface area contributed by atoms with Gasteiger partial charge in [0.15, 0.2) is 0 Å². The molecule has 1 aromatic carbocycles. The number of ether oxygens (including phenoxy) is 1. The summed E-state index contributed by atoms with van der Waals surface area (Å²) in [5, 5.41) is 2.00. The average Bonchev–Trinajstić information content (AvgIpc) is 2.90. The quantitative estimate of drug-likeness (QED) is 0.922. The van der Waals surface area contributed by atoms with Crippen molar-refractivity contribution in [3.05, 3.63) is 45.9 Å². The van der Waals surface area contributed by atoms with Crippen LogP contribution in [0.25, 0.3) is 0 Å². The topological polar surface area (TPSA) is 48.1 Å². The van der Waals surface area contributed by atoms with Gasteiger partial charge >= 0.3 is 0 Å². The summed E-state index contributed by atoms with van der Waals surface area (Å²) in [6, 6.07) is 6.43. The van der Waals surface area contributed by atoms with E-state index in [0.29, 0.717) is 6.61 Å². The van der Waals surface area contributed by atoms with Gasteiger partial charge in [-0.15, -0.1) is 11.3 Å². The van der Waals surface area contributed by atoms with Crippen LogP contribution in [0.2, 0.25) is 0 Å². The van der Waals surface area contributed by atoms with Crippen molar-refractivity contribution in [1.82, 2.24) is 4.98 Å². The van der Waals surface area contributed by atoms with Crippen molar-refractivity contribution in [1.29, 1.82) is 0 Å². The molecule has 1 atom stereocenters. The Hall–Kier alpha value is -1.39. The van der Waals surface area contributed by atoms with E-state index in [1.807, 2.05) is 17.0 Å². The Bertz CT molecular complexity index is 525. The summed E-state index contributed by atoms with van der Waals surface area (Å²) in [6.07, 6.45) is 3.39. The van der Waals surface area contributed by atoms with E-state index >= 15 is 0 Å². The molecule has 1 aromatic heterocycles. The fraction of sp³-hybridized carbons (Fsp3) is 0.357. The van der Waals surface area contributed by atoms with Crippen LogP contribution in [0.3, 0.4) is 0 Å². The summed E-state index contributed by atoms with van der Waals surface area (Å²) in [6.45, 7) is 0.525. The van der Waals surface area contributed by atoms with Crippen molar-refractivity contribution in [2.24, 2.45) is 5.73 Å². The Kier molecular flexibility index (Phi) is 3.30. The maximum atomic E-state index is 6.14. The zero-order valence-corrected chi connectivity index (χ0v) is 11.0. The maximum Gasteiger partial charge on any atom is 0.131 e. The molecule has 4 heteroatoms. The minimum atomic E-state index is 0.163. The average molecular weight is 260 g/mol. The second-order valence-corrected chi connectivity index (χ2v) is 5.35. The van der Waals surface area contributed by atoms with Gasteiger partial charge < -0.3 is 10.5 Å². The van der Waals surface area contributed by atoms with Crippen LogP contribution in [0.15, 0.2) is 29.1 Å². The number of aromatic nitrogens is 1. The van der Waals surface area contributed by atoms with E-state index in [1.165, 1.54) is 17.5 Å². The zero-order chi connectivity index (χ0) is 12.4. The molecule has 0 amide bonds. The SMILES string of the molecule is N[C@H]1CCCc2ccc(OCc3cscn3)cc21. The molecule has 0 spiro atoms. The van der Waals surface area contributed by atoms with Crippen molar-refractivity contribution in [3.63, 3.8) is 0 Å². The van der Waals surface area contributed by atoms with Crippen molar-refractivity contribution in [3.8, 4) is 5.75 Å². The zero-order valence-electron chi connectivity index (χ0n) is 10.1. The molecule has 0 radical (unpaired) electrons. The van der Waals surface area contributed by atoms with E-state index in [-0.39, 0.29) is 6.04 Å². The van der Waals surface area contributed by atoms with Gasteiger partial charge in [-0.2, -0.15) is 0 Å². The number of nitrogens with two attached hydrogens (primary N) is 1. The third-order valence-electron chi connectivity index (χ3n) is 3.35. The Balaban J connectivity index is 1.75. The molecule has 0 saturated heterocycles. The first kappa shape index (κ1) is 11.7. The van der Waals surface area contributed by atoms with Gasteiger partial charge in [-0.05, 0) is 42.5 Å². The third kappa shape index (κ3) is 2.40. The van der Waals surface area contributed by atoms with Crippen LogP contribution < -0.4 is 10.5 Å². The van der Waals surface area contributed by atoms with Gasteiger partial charge in [0, 0.05) is 11.4 Å². The fourth-order valence-corrected chi connectivity index (χ4v) is 2.91. The van der Waals surface area contributed by atoms with Crippen LogP contribution in [0, 0.1) is 0 Å². The molecule has 0 saturated carbocycles. The lowest BCUT2D eigenvalue weighted by atomic mass is 9.88. The van der Waals surface area contributed by atoms with Gasteiger partial charge in [0.2, 0.25) is 0 Å². The molecule has 3 nitrogen and oxygen atoms in total. The molecular weight excluding hydrogens is 244 g/mol. The van der Waals surface area contributed by atoms with Crippen molar-refractivity contribution >= 4 is 11.3 Å². The molecule has 2 N–H and O–H groups in total. The highest BCUT2D eigenvalue weighted by molar-refractivity contribution is 7.07. The number of nitrogens with zero attached hydrogens (tertiary/aromatic N) is 1. The van der Waals surface area contributed by atoms with Crippen LogP contribution in [-0.4, -0.2) is 4.98 Å². The van der Waals surface area contributed by atoms with E-state index in [2.05, 4.69) is 17.1 Å². The lowest BCUT2D eigenvalue weighted by Crippen LogP contribution is -2.17. The Morgan fingerprint density at radius 3 is 3.22 bits per heavy atom. The summed E-state index contributed by atoms with van der Waals surface area (Å²) >= 11 is 1.59. The van der Waals surface area contributed by atoms with Crippen molar-refractivity contribution < 1.29 is 4.74 Å². The van der Waals surface area contributed by atoms with E-state index in [1.54, 1.807) is 11.3 Å². The number of rotatable bonds is 3. The first-order chi connectivity index (χ1) is 8.83. The van der Waals surface area contributed by atoms with E-state index in [4.69, 9.17) is 10.5 Å². The highest BCUT2D eigenvalue weighted by Gasteiger charge is 2.17. The standard InChI is InChI=1S/C14H16N2OS/c15-14-3-1-2-10-4-5-12(6-13(10)14)17-7-11-8-18-9-16-11/h4-6,8-9,14H,1-3,7,15H2/t14-/m0/s1. The van der Waals surface area contributed by atoms with Gasteiger partial charge in [0.25, 0.3) is 0 Å². The Labute approximate surface area is 111 Å². The number of fused-ring (bicyclic) bond motifs is 1. The second kappa shape index (κ2) is 5.08. The lowest BCUT2D eigenvalue weighted by molar-refractivity contribution is 0.301. The second-order valence-electron chi connectivity index (χ2n) is 4.63. The number of hydrogen-bond acceptors (Lipinski definition) is 4. The predicted molar refractivity (Wildman–Crippen MR) is 72.8 cm³/mol. The summed E-state index contributed by atoms with van der Waals surface area (Å²) in [5.41, 5.74) is 11.6. The Morgan fingerprint density at radius 2 is 2.39 bits per heavy atom. The van der Waals surface area contributed by atoms with Crippen molar-refractivity contribution in [2.75, 3.05) is 0 Å². The van der Waals surface area contributed by atoms with Crippen LogP contribution in [0.1, 0.15) is 35.7 Å². The van der Waals surface area contributed by atoms with E-state index < -0.39 is 0 Å². The highest BCUT2D eigenvalue weighted by atomic mass is 32.1. The molecule has 1 heterocycles. The number of thiazole rings is 1. The van der Waals surface area contributed by atoms with E-state index in [9.17, 15) is 0 Å². The van der Waals surface area contributed by atoms with Crippen molar-refractivity contribution in [2.45, 2.75) is 31.9 Å². The number of benzene rings is 1. The number of hydrogen-bond donors (Lipinski definition) is 1. The number of aryl methyl sites for hydroxylation is 1. The van der Waals surface area contributed by atoms with Gasteiger partial charge in [-0.25, -0.2) is 4.98 Å². The van der Waals surface area contributed by atoms with E-state index in [0.717, 1.165) is 24.3 Å². The van der Waals surface area contributed by atoms with Crippen LogP contribution in [0.4, 0.5) is 0 Å². The minimum Gasteiger partial charge on any atom is -0.487 e. The summed E-state index contributed by atoms with van der Waals surface area (Å²) in [5.74, 6) is 0.888. The molecule has 18 heavy (non-hydrogen) atoms. The summed E-state index contributed by atoms with van der Waals surface area (Å²) in [4.78, 5) is 4.20. The molecule has 0 aliphatic heterocycles. The molecular formula is C14H16N2OS. The smallest absolute Gasteiger partial charge is 0.131 e. The van der Waals surface area contributed by atoms with Crippen LogP contribution in [0.5, 0.6) is 5.75 Å². The highest BCUT2D eigenvalue weighted by Crippen LogP contribution is 2.31. The van der Waals surface area contributed by atoms with Gasteiger partial charge in [0.05, 0.1) is 11.2 Å². The molecule has 0 bridgehead atoms. The van der Waals surface area contributed by atoms with Gasteiger partial charge in [-0.1, -0.05) is 6.07 Å². The molecule has 2 aromatic rings. The molecule has 94 valence electrons. The molecule has 3 rings (SSSR count). The molecule has 0 fully saturated rings. The molecule has 0 unspecified atom stereocenters. The monoisotopic (exact) mass is 260 g/mol. The first-order valence-corrected chi connectivity index (χ1v) is 7.15. The van der Waals surface area contributed by atoms with Crippen LogP contribution >= 0.6 is 11.3 Å². The Morgan fingerprint density at radius 1 is 1.44 bits per heavy atom. The minimum absolute atomic E-state index is 0.163.